The summed E-state index contributed by atoms with van der Waals surface area (Å²) < 4.78 is 5.90. The van der Waals surface area contributed by atoms with Crippen molar-refractivity contribution in [2.75, 3.05) is 0 Å². The van der Waals surface area contributed by atoms with Crippen LogP contribution in [0, 0.1) is 0 Å². The summed E-state index contributed by atoms with van der Waals surface area (Å²) in [5.41, 5.74) is 3.87. The average Bonchev–Trinajstić information content (AvgIpc) is 2.54. The van der Waals surface area contributed by atoms with Crippen molar-refractivity contribution in [2.24, 2.45) is 5.84 Å². The molecular weight excluding hydrogens is 264 g/mol. The van der Waals surface area contributed by atoms with E-state index < -0.39 is 12.0 Å². The number of para-hydroxylation sites is 1. The molecule has 0 spiro atoms. The molecule has 1 atom stereocenters. The highest BCUT2D eigenvalue weighted by Crippen LogP contribution is 2.26. The van der Waals surface area contributed by atoms with Crippen molar-refractivity contribution in [3.8, 4) is 5.75 Å². The van der Waals surface area contributed by atoms with E-state index in [9.17, 15) is 4.79 Å². The van der Waals surface area contributed by atoms with E-state index in [1.54, 1.807) is 6.08 Å². The van der Waals surface area contributed by atoms with Crippen molar-refractivity contribution < 1.29 is 9.53 Å². The zero-order chi connectivity index (χ0) is 15.1. The highest BCUT2D eigenvalue weighted by atomic mass is 16.5. The molecule has 0 aromatic heterocycles. The van der Waals surface area contributed by atoms with Crippen LogP contribution in [0.25, 0.3) is 0 Å². The molecule has 2 aromatic rings. The van der Waals surface area contributed by atoms with Gasteiger partial charge in [-0.3, -0.25) is 10.2 Å². The van der Waals surface area contributed by atoms with Crippen LogP contribution >= 0.6 is 0 Å². The Bertz CT molecular complexity index is 611. The number of nitrogens with two attached hydrogens (primary N) is 1. The van der Waals surface area contributed by atoms with Crippen molar-refractivity contribution in [1.82, 2.24) is 5.43 Å². The summed E-state index contributed by atoms with van der Waals surface area (Å²) in [5.74, 6) is 5.52. The molecule has 21 heavy (non-hydrogen) atoms. The van der Waals surface area contributed by atoms with E-state index in [1.165, 1.54) is 0 Å². The predicted molar refractivity (Wildman–Crippen MR) is 82.5 cm³/mol. The first kappa shape index (κ1) is 14.8. The van der Waals surface area contributed by atoms with Crippen LogP contribution in [0.1, 0.15) is 17.2 Å². The fourth-order valence-corrected chi connectivity index (χ4v) is 2.05. The number of hydrazine groups is 1. The van der Waals surface area contributed by atoms with Gasteiger partial charge >= 0.3 is 0 Å². The third kappa shape index (κ3) is 3.70. The minimum absolute atomic E-state index is 0.394. The second-order valence-electron chi connectivity index (χ2n) is 4.52. The first-order valence-electron chi connectivity index (χ1n) is 6.67. The Morgan fingerprint density at radius 3 is 2.52 bits per heavy atom. The topological polar surface area (TPSA) is 64.3 Å². The fraction of sp³-hybridized carbons (Fsp3) is 0.118. The second kappa shape index (κ2) is 7.26. The predicted octanol–water partition coefficient (Wildman–Crippen LogP) is 2.53. The number of benzene rings is 2. The van der Waals surface area contributed by atoms with E-state index in [1.807, 2.05) is 54.6 Å². The van der Waals surface area contributed by atoms with Gasteiger partial charge in [-0.2, -0.15) is 0 Å². The zero-order valence-electron chi connectivity index (χ0n) is 11.7. The van der Waals surface area contributed by atoms with Crippen LogP contribution in [-0.4, -0.2) is 5.91 Å². The third-order valence-electron chi connectivity index (χ3n) is 3.06. The second-order valence-corrected chi connectivity index (χ2v) is 4.52. The molecule has 0 heterocycles. The summed E-state index contributed by atoms with van der Waals surface area (Å²) in [6.07, 6.45) is 1.67. The summed E-state index contributed by atoms with van der Waals surface area (Å²) in [6.45, 7) is 3.73. The van der Waals surface area contributed by atoms with E-state index >= 15 is 0 Å². The van der Waals surface area contributed by atoms with Crippen LogP contribution in [-0.2, 0) is 11.2 Å². The maximum Gasteiger partial charge on any atom is 0.279 e. The van der Waals surface area contributed by atoms with Gasteiger partial charge in [0, 0.05) is 5.56 Å². The smallest absolute Gasteiger partial charge is 0.279 e. The number of allylic oxidation sites excluding steroid dienone is 1. The summed E-state index contributed by atoms with van der Waals surface area (Å²) in [5, 5.41) is 0. The molecule has 0 aliphatic rings. The Hall–Kier alpha value is -2.59. The maximum atomic E-state index is 12.0. The molecule has 3 N–H and O–H groups in total. The van der Waals surface area contributed by atoms with Crippen molar-refractivity contribution >= 4 is 5.91 Å². The van der Waals surface area contributed by atoms with E-state index in [0.29, 0.717) is 12.2 Å². The minimum Gasteiger partial charge on any atom is -0.475 e. The molecule has 0 radical (unpaired) electrons. The van der Waals surface area contributed by atoms with E-state index in [4.69, 9.17) is 10.6 Å². The van der Waals surface area contributed by atoms with Crippen LogP contribution < -0.4 is 16.0 Å². The molecule has 0 aliphatic heterocycles. The van der Waals surface area contributed by atoms with E-state index in [-0.39, 0.29) is 0 Å². The Labute approximate surface area is 124 Å². The van der Waals surface area contributed by atoms with Gasteiger partial charge in [-0.15, -0.1) is 6.58 Å². The molecule has 4 heteroatoms. The summed E-state index contributed by atoms with van der Waals surface area (Å²) in [4.78, 5) is 12.0. The first-order valence-corrected chi connectivity index (χ1v) is 6.67. The lowest BCUT2D eigenvalue weighted by Gasteiger charge is -2.19. The standard InChI is InChI=1S/C17H18N2O2/c1-2-8-13-9-6-7-12-15(13)21-16(17(20)19-18)14-10-4-3-5-11-14/h2-7,9-12,16H,1,8,18H2,(H,19,20). The molecule has 0 bridgehead atoms. The van der Waals surface area contributed by atoms with E-state index in [0.717, 1.165) is 11.1 Å². The highest BCUT2D eigenvalue weighted by molar-refractivity contribution is 5.82. The number of nitrogens with one attached hydrogen (secondary N) is 1. The lowest BCUT2D eigenvalue weighted by molar-refractivity contribution is -0.128. The highest BCUT2D eigenvalue weighted by Gasteiger charge is 2.22. The van der Waals surface area contributed by atoms with Crippen LogP contribution in [0.3, 0.4) is 0 Å². The van der Waals surface area contributed by atoms with Crippen LogP contribution in [0.4, 0.5) is 0 Å². The fourth-order valence-electron chi connectivity index (χ4n) is 2.05. The van der Waals surface area contributed by atoms with Gasteiger partial charge in [0.2, 0.25) is 6.10 Å². The number of ether oxygens (including phenoxy) is 1. The molecular formula is C17H18N2O2. The van der Waals surface area contributed by atoms with Gasteiger partial charge in [0.15, 0.2) is 0 Å². The van der Waals surface area contributed by atoms with Gasteiger partial charge in [-0.05, 0) is 18.1 Å². The molecule has 4 nitrogen and oxygen atoms in total. The Kier molecular flexibility index (Phi) is 5.12. The summed E-state index contributed by atoms with van der Waals surface area (Å²) in [7, 11) is 0. The number of carbonyl (C=O) groups is 1. The van der Waals surface area contributed by atoms with Gasteiger partial charge in [0.25, 0.3) is 5.91 Å². The number of rotatable bonds is 6. The Morgan fingerprint density at radius 2 is 1.86 bits per heavy atom. The average molecular weight is 282 g/mol. The van der Waals surface area contributed by atoms with Crippen molar-refractivity contribution in [2.45, 2.75) is 12.5 Å². The molecule has 1 unspecified atom stereocenters. The molecule has 1 amide bonds. The lowest BCUT2D eigenvalue weighted by Crippen LogP contribution is -2.37. The van der Waals surface area contributed by atoms with E-state index in [2.05, 4.69) is 12.0 Å². The normalized spacial score (nSPS) is 11.5. The Balaban J connectivity index is 2.32. The van der Waals surface area contributed by atoms with Crippen LogP contribution in [0.2, 0.25) is 0 Å². The minimum atomic E-state index is -0.790. The zero-order valence-corrected chi connectivity index (χ0v) is 11.7. The Morgan fingerprint density at radius 1 is 1.19 bits per heavy atom. The summed E-state index contributed by atoms with van der Waals surface area (Å²) in [6, 6.07) is 16.8. The SMILES string of the molecule is C=CCc1ccccc1OC(C(=O)NN)c1ccccc1. The monoisotopic (exact) mass is 282 g/mol. The van der Waals surface area contributed by atoms with Gasteiger partial charge in [0.05, 0.1) is 0 Å². The molecule has 0 saturated heterocycles. The van der Waals surface area contributed by atoms with Gasteiger partial charge in [-0.25, -0.2) is 5.84 Å². The largest absolute Gasteiger partial charge is 0.475 e. The van der Waals surface area contributed by atoms with Crippen molar-refractivity contribution in [3.63, 3.8) is 0 Å². The number of hydrogen-bond donors (Lipinski definition) is 2. The van der Waals surface area contributed by atoms with Gasteiger partial charge < -0.3 is 4.74 Å². The molecule has 2 rings (SSSR count). The number of amides is 1. The summed E-state index contributed by atoms with van der Waals surface area (Å²) >= 11 is 0. The van der Waals surface area contributed by atoms with Gasteiger partial charge in [-0.1, -0.05) is 54.6 Å². The molecule has 0 fully saturated rings. The van der Waals surface area contributed by atoms with Crippen LogP contribution in [0.5, 0.6) is 5.75 Å². The third-order valence-corrected chi connectivity index (χ3v) is 3.06. The molecule has 0 saturated carbocycles. The quantitative estimate of drug-likeness (QED) is 0.370. The first-order chi connectivity index (χ1) is 10.3. The molecule has 0 aliphatic carbocycles. The molecule has 108 valence electrons. The molecule has 2 aromatic carbocycles. The van der Waals surface area contributed by atoms with Gasteiger partial charge in [0.1, 0.15) is 5.75 Å². The van der Waals surface area contributed by atoms with Crippen LogP contribution in [0.15, 0.2) is 67.3 Å². The maximum absolute atomic E-state index is 12.0. The number of hydrogen-bond acceptors (Lipinski definition) is 3. The lowest BCUT2D eigenvalue weighted by atomic mass is 10.1. The van der Waals surface area contributed by atoms with Crippen molar-refractivity contribution in [1.29, 1.82) is 0 Å². The number of carbonyl (C=O) groups excluding carboxylic acids is 1. The van der Waals surface area contributed by atoms with Crippen molar-refractivity contribution in [3.05, 3.63) is 78.4 Å².